The maximum Gasteiger partial charge on any atom is 0.308 e. The molecule has 1 aliphatic rings. The summed E-state index contributed by atoms with van der Waals surface area (Å²) in [5.41, 5.74) is -0.920. The van der Waals surface area contributed by atoms with Crippen LogP contribution in [0.5, 0.6) is 0 Å². The Kier molecular flexibility index (Phi) is 5.20. The van der Waals surface area contributed by atoms with E-state index in [1.165, 1.54) is 11.3 Å². The Labute approximate surface area is 131 Å². The van der Waals surface area contributed by atoms with Crippen LogP contribution < -0.4 is 0 Å². The van der Waals surface area contributed by atoms with Gasteiger partial charge in [0.2, 0.25) is 0 Å². The highest BCUT2D eigenvalue weighted by molar-refractivity contribution is 9.11. The first-order valence-corrected chi connectivity index (χ1v) is 8.57. The summed E-state index contributed by atoms with van der Waals surface area (Å²) in [7, 11) is 0. The predicted molar refractivity (Wildman–Crippen MR) is 81.5 cm³/mol. The van der Waals surface area contributed by atoms with Crippen molar-refractivity contribution in [1.82, 2.24) is 4.98 Å². The van der Waals surface area contributed by atoms with Crippen LogP contribution in [0.1, 0.15) is 44.5 Å². The van der Waals surface area contributed by atoms with E-state index in [2.05, 4.69) is 20.9 Å². The Hall–Kier alpha value is -0.460. The maximum atomic E-state index is 11.7. The van der Waals surface area contributed by atoms with Crippen molar-refractivity contribution in [2.24, 2.45) is 11.8 Å². The molecule has 1 saturated carbocycles. The summed E-state index contributed by atoms with van der Waals surface area (Å²) in [6, 6.07) is 0. The van der Waals surface area contributed by atoms with Crippen molar-refractivity contribution < 1.29 is 14.6 Å². The third-order valence-corrected chi connectivity index (χ3v) is 5.76. The fraction of sp³-hybridized carbons (Fsp3) is 0.714. The highest BCUT2D eigenvalue weighted by Gasteiger charge is 2.40. The normalized spacial score (nSPS) is 26.0. The van der Waals surface area contributed by atoms with E-state index in [1.54, 1.807) is 6.20 Å². The summed E-state index contributed by atoms with van der Waals surface area (Å²) in [4.78, 5) is 16.0. The van der Waals surface area contributed by atoms with E-state index >= 15 is 0 Å². The molecule has 1 unspecified atom stereocenters. The largest absolute Gasteiger partial charge is 0.466 e. The zero-order valence-electron chi connectivity index (χ0n) is 11.8. The molecule has 0 aromatic carbocycles. The molecule has 4 nitrogen and oxygen atoms in total. The molecule has 0 bridgehead atoms. The van der Waals surface area contributed by atoms with Gasteiger partial charge in [0, 0.05) is 0 Å². The van der Waals surface area contributed by atoms with E-state index in [-0.39, 0.29) is 17.8 Å². The lowest BCUT2D eigenvalue weighted by molar-refractivity contribution is -0.150. The SMILES string of the molecule is CCOC(=O)[C@H]1CC[C@H](C(C)(O)c2ncc(Br)s2)CC1. The summed E-state index contributed by atoms with van der Waals surface area (Å²) < 4.78 is 6.00. The Morgan fingerprint density at radius 3 is 2.70 bits per heavy atom. The van der Waals surface area contributed by atoms with Gasteiger partial charge in [0.05, 0.1) is 22.5 Å². The maximum absolute atomic E-state index is 11.7. The molecule has 1 aromatic rings. The first kappa shape index (κ1) is 15.9. The molecule has 1 N–H and O–H groups in total. The number of aliphatic hydroxyl groups is 1. The van der Waals surface area contributed by atoms with Crippen molar-refractivity contribution in [3.05, 3.63) is 15.0 Å². The molecule has 0 amide bonds. The van der Waals surface area contributed by atoms with E-state index in [0.717, 1.165) is 34.5 Å². The number of halogens is 1. The molecule has 0 saturated heterocycles. The second kappa shape index (κ2) is 6.54. The molecule has 1 fully saturated rings. The number of carbonyl (C=O) groups excluding carboxylic acids is 1. The van der Waals surface area contributed by atoms with Gasteiger partial charge >= 0.3 is 5.97 Å². The molecule has 2 rings (SSSR count). The van der Waals surface area contributed by atoms with Crippen LogP contribution in [-0.2, 0) is 15.1 Å². The van der Waals surface area contributed by atoms with E-state index in [0.29, 0.717) is 6.61 Å². The highest BCUT2D eigenvalue weighted by Crippen LogP contribution is 2.42. The third-order valence-electron chi connectivity index (χ3n) is 4.05. The van der Waals surface area contributed by atoms with Crippen molar-refractivity contribution in [1.29, 1.82) is 0 Å². The third kappa shape index (κ3) is 3.40. The Morgan fingerprint density at radius 1 is 1.55 bits per heavy atom. The van der Waals surface area contributed by atoms with Gasteiger partial charge in [-0.2, -0.15) is 0 Å². The number of rotatable bonds is 4. The van der Waals surface area contributed by atoms with Gasteiger partial charge in [0.1, 0.15) is 10.6 Å². The van der Waals surface area contributed by atoms with Crippen LogP contribution >= 0.6 is 27.3 Å². The summed E-state index contributed by atoms with van der Waals surface area (Å²) in [6.07, 6.45) is 4.94. The van der Waals surface area contributed by atoms with Crippen LogP contribution in [0.3, 0.4) is 0 Å². The van der Waals surface area contributed by atoms with E-state index in [9.17, 15) is 9.90 Å². The first-order valence-electron chi connectivity index (χ1n) is 6.96. The fourth-order valence-corrected chi connectivity index (χ4v) is 4.15. The fourth-order valence-electron chi connectivity index (χ4n) is 2.81. The van der Waals surface area contributed by atoms with Crippen LogP contribution in [0.4, 0.5) is 0 Å². The van der Waals surface area contributed by atoms with E-state index < -0.39 is 5.60 Å². The van der Waals surface area contributed by atoms with Crippen molar-refractivity contribution in [3.63, 3.8) is 0 Å². The quantitative estimate of drug-likeness (QED) is 0.833. The van der Waals surface area contributed by atoms with Crippen LogP contribution in [0.2, 0.25) is 0 Å². The average Bonchev–Trinajstić information content (AvgIpc) is 2.86. The second-order valence-corrected chi connectivity index (χ2v) is 7.83. The van der Waals surface area contributed by atoms with Crippen molar-refractivity contribution in [2.45, 2.75) is 45.1 Å². The minimum Gasteiger partial charge on any atom is -0.466 e. The molecular weight excluding hydrogens is 342 g/mol. The van der Waals surface area contributed by atoms with Crippen molar-refractivity contribution >= 4 is 33.2 Å². The lowest BCUT2D eigenvalue weighted by Crippen LogP contribution is -2.36. The number of esters is 1. The monoisotopic (exact) mass is 361 g/mol. The molecule has 1 aliphatic carbocycles. The number of nitrogens with zero attached hydrogens (tertiary/aromatic N) is 1. The zero-order valence-corrected chi connectivity index (χ0v) is 14.2. The molecule has 1 atom stereocenters. The van der Waals surface area contributed by atoms with Gasteiger partial charge in [0.15, 0.2) is 0 Å². The van der Waals surface area contributed by atoms with Crippen molar-refractivity contribution in [2.75, 3.05) is 6.61 Å². The molecule has 6 heteroatoms. The Bertz CT molecular complexity index is 467. The predicted octanol–water partition coefficient (Wildman–Crippen LogP) is 3.48. The molecule has 1 heterocycles. The van der Waals surface area contributed by atoms with Gasteiger partial charge in [-0.25, -0.2) is 4.98 Å². The van der Waals surface area contributed by atoms with Gasteiger partial charge in [-0.05, 0) is 61.4 Å². The molecule has 1 aromatic heterocycles. The van der Waals surface area contributed by atoms with E-state index in [1.807, 2.05) is 13.8 Å². The number of carbonyl (C=O) groups is 1. The average molecular weight is 362 g/mol. The molecule has 0 spiro atoms. The number of hydrogen-bond donors (Lipinski definition) is 1. The van der Waals surface area contributed by atoms with Gasteiger partial charge in [0.25, 0.3) is 0 Å². The number of thiazole rings is 1. The molecule has 0 aliphatic heterocycles. The van der Waals surface area contributed by atoms with Gasteiger partial charge in [-0.3, -0.25) is 4.79 Å². The molecule has 112 valence electrons. The van der Waals surface area contributed by atoms with Crippen LogP contribution in [0.25, 0.3) is 0 Å². The highest BCUT2D eigenvalue weighted by atomic mass is 79.9. The topological polar surface area (TPSA) is 59.4 Å². The molecular formula is C14H20BrNO3S. The van der Waals surface area contributed by atoms with Gasteiger partial charge in [-0.15, -0.1) is 11.3 Å². The Balaban J connectivity index is 1.98. The number of aromatic nitrogens is 1. The van der Waals surface area contributed by atoms with Crippen LogP contribution in [0.15, 0.2) is 9.98 Å². The second-order valence-electron chi connectivity index (χ2n) is 5.42. The summed E-state index contributed by atoms with van der Waals surface area (Å²) >= 11 is 4.85. The van der Waals surface area contributed by atoms with E-state index in [4.69, 9.17) is 4.74 Å². The minimum absolute atomic E-state index is 0.00923. The summed E-state index contributed by atoms with van der Waals surface area (Å²) in [5, 5.41) is 11.5. The van der Waals surface area contributed by atoms with Gasteiger partial charge in [-0.1, -0.05) is 0 Å². The van der Waals surface area contributed by atoms with Gasteiger partial charge < -0.3 is 9.84 Å². The lowest BCUT2D eigenvalue weighted by Gasteiger charge is -2.36. The molecule has 20 heavy (non-hydrogen) atoms. The summed E-state index contributed by atoms with van der Waals surface area (Å²) in [6.45, 7) is 4.09. The standard InChI is InChI=1S/C14H20BrNO3S/c1-3-19-12(17)9-4-6-10(7-5-9)14(2,18)13-16-8-11(15)20-13/h8-10,18H,3-7H2,1-2H3/t9-,10-,14?. The van der Waals surface area contributed by atoms with Crippen LogP contribution in [-0.4, -0.2) is 22.7 Å². The smallest absolute Gasteiger partial charge is 0.308 e. The Morgan fingerprint density at radius 2 is 2.20 bits per heavy atom. The molecule has 0 radical (unpaired) electrons. The number of hydrogen-bond acceptors (Lipinski definition) is 5. The summed E-state index contributed by atoms with van der Waals surface area (Å²) in [5.74, 6) is 0.0406. The lowest BCUT2D eigenvalue weighted by atomic mass is 9.74. The van der Waals surface area contributed by atoms with Crippen LogP contribution in [0, 0.1) is 11.8 Å². The zero-order chi connectivity index (χ0) is 14.8. The number of ether oxygens (including phenoxy) is 1. The minimum atomic E-state index is -0.920. The first-order chi connectivity index (χ1) is 9.45. The van der Waals surface area contributed by atoms with Crippen molar-refractivity contribution in [3.8, 4) is 0 Å².